The van der Waals surface area contributed by atoms with Crippen molar-refractivity contribution >= 4 is 11.6 Å². The summed E-state index contributed by atoms with van der Waals surface area (Å²) in [6, 6.07) is 3.49. The lowest BCUT2D eigenvalue weighted by atomic mass is 10.1. The largest absolute Gasteiger partial charge is 0.382 e. The molecule has 1 aromatic rings. The zero-order chi connectivity index (χ0) is 10.6. The molecular formula is C9H16N4O. The predicted molar refractivity (Wildman–Crippen MR) is 56.0 cm³/mol. The maximum Gasteiger partial charge on any atom is 0.148 e. The number of nitrogens with one attached hydrogen (secondary N) is 1. The highest BCUT2D eigenvalue weighted by atomic mass is 16.5. The maximum absolute atomic E-state index is 5.41. The molecule has 78 valence electrons. The number of nitrogens with zero attached hydrogens (tertiary/aromatic N) is 2. The Bertz CT molecular complexity index is 283. The van der Waals surface area contributed by atoms with E-state index in [1.807, 2.05) is 13.8 Å². The van der Waals surface area contributed by atoms with Crippen molar-refractivity contribution in [1.29, 1.82) is 0 Å². The summed E-state index contributed by atoms with van der Waals surface area (Å²) in [5.74, 6) is 1.12. The second kappa shape index (κ2) is 4.23. The zero-order valence-corrected chi connectivity index (χ0v) is 8.74. The van der Waals surface area contributed by atoms with Crippen LogP contribution in [0, 0.1) is 0 Å². The number of nitrogens with two attached hydrogens (primary N) is 1. The first-order valence-electron chi connectivity index (χ1n) is 4.42. The molecule has 0 aliphatic rings. The van der Waals surface area contributed by atoms with Crippen LogP contribution in [-0.4, -0.2) is 29.5 Å². The van der Waals surface area contributed by atoms with Crippen LogP contribution in [-0.2, 0) is 4.74 Å². The molecule has 1 rings (SSSR count). The van der Waals surface area contributed by atoms with Crippen LogP contribution >= 0.6 is 0 Å². The van der Waals surface area contributed by atoms with E-state index in [0.29, 0.717) is 18.2 Å². The van der Waals surface area contributed by atoms with Crippen molar-refractivity contribution in [3.63, 3.8) is 0 Å². The van der Waals surface area contributed by atoms with Crippen molar-refractivity contribution in [3.8, 4) is 0 Å². The Morgan fingerprint density at radius 2 is 2.14 bits per heavy atom. The number of ether oxygens (including phenoxy) is 1. The fraction of sp³-hybridized carbons (Fsp3) is 0.556. The van der Waals surface area contributed by atoms with E-state index in [2.05, 4.69) is 15.5 Å². The number of hydrogen-bond donors (Lipinski definition) is 2. The van der Waals surface area contributed by atoms with E-state index in [0.717, 1.165) is 0 Å². The van der Waals surface area contributed by atoms with E-state index in [-0.39, 0.29) is 5.60 Å². The SMILES string of the molecule is COC(C)(C)CNc1ccc(N)nn1. The number of anilines is 2. The summed E-state index contributed by atoms with van der Waals surface area (Å²) in [6.07, 6.45) is 0. The Morgan fingerprint density at radius 3 is 2.64 bits per heavy atom. The van der Waals surface area contributed by atoms with Gasteiger partial charge in [-0.15, -0.1) is 10.2 Å². The van der Waals surface area contributed by atoms with Crippen molar-refractivity contribution in [1.82, 2.24) is 10.2 Å². The minimum atomic E-state index is -0.219. The molecule has 0 saturated carbocycles. The molecule has 0 amide bonds. The second-order valence-corrected chi connectivity index (χ2v) is 3.66. The summed E-state index contributed by atoms with van der Waals surface area (Å²) in [5.41, 5.74) is 5.19. The first-order chi connectivity index (χ1) is 6.53. The third-order valence-electron chi connectivity index (χ3n) is 1.93. The lowest BCUT2D eigenvalue weighted by Gasteiger charge is -2.23. The van der Waals surface area contributed by atoms with E-state index in [4.69, 9.17) is 10.5 Å². The Kier molecular flexibility index (Phi) is 3.24. The van der Waals surface area contributed by atoms with Gasteiger partial charge >= 0.3 is 0 Å². The van der Waals surface area contributed by atoms with Gasteiger partial charge in [0.05, 0.1) is 5.60 Å². The van der Waals surface area contributed by atoms with Gasteiger partial charge < -0.3 is 15.8 Å². The molecule has 0 saturated heterocycles. The minimum Gasteiger partial charge on any atom is -0.382 e. The summed E-state index contributed by atoms with van der Waals surface area (Å²) >= 11 is 0. The van der Waals surface area contributed by atoms with Crippen molar-refractivity contribution < 1.29 is 4.74 Å². The third kappa shape index (κ3) is 3.18. The van der Waals surface area contributed by atoms with Crippen LogP contribution in [0.15, 0.2) is 12.1 Å². The van der Waals surface area contributed by atoms with Gasteiger partial charge in [0.2, 0.25) is 0 Å². The second-order valence-electron chi connectivity index (χ2n) is 3.66. The van der Waals surface area contributed by atoms with Crippen molar-refractivity contribution in [3.05, 3.63) is 12.1 Å². The summed E-state index contributed by atoms with van der Waals surface area (Å²) in [6.45, 7) is 4.65. The third-order valence-corrected chi connectivity index (χ3v) is 1.93. The normalized spacial score (nSPS) is 11.4. The molecule has 0 radical (unpaired) electrons. The number of nitrogen functional groups attached to an aromatic ring is 1. The maximum atomic E-state index is 5.41. The molecule has 0 bridgehead atoms. The van der Waals surface area contributed by atoms with Crippen molar-refractivity contribution in [2.24, 2.45) is 0 Å². The van der Waals surface area contributed by atoms with Gasteiger partial charge in [-0.05, 0) is 26.0 Å². The van der Waals surface area contributed by atoms with E-state index in [9.17, 15) is 0 Å². The first-order valence-corrected chi connectivity index (χ1v) is 4.42. The minimum absolute atomic E-state index is 0.219. The molecule has 5 heteroatoms. The number of hydrogen-bond acceptors (Lipinski definition) is 5. The van der Waals surface area contributed by atoms with Gasteiger partial charge in [-0.2, -0.15) is 0 Å². The van der Waals surface area contributed by atoms with Crippen LogP contribution in [0.5, 0.6) is 0 Å². The summed E-state index contributed by atoms with van der Waals surface area (Å²) < 4.78 is 5.25. The Labute approximate surface area is 83.7 Å². The molecular weight excluding hydrogens is 180 g/mol. The van der Waals surface area contributed by atoms with Gasteiger partial charge in [0.25, 0.3) is 0 Å². The lowest BCUT2D eigenvalue weighted by molar-refractivity contribution is 0.0343. The fourth-order valence-electron chi connectivity index (χ4n) is 0.812. The molecule has 1 heterocycles. The lowest BCUT2D eigenvalue weighted by Crippen LogP contribution is -2.32. The Hall–Kier alpha value is -1.36. The molecule has 0 fully saturated rings. The average molecular weight is 196 g/mol. The van der Waals surface area contributed by atoms with Crippen LogP contribution in [0.25, 0.3) is 0 Å². The highest BCUT2D eigenvalue weighted by Gasteiger charge is 2.15. The zero-order valence-electron chi connectivity index (χ0n) is 8.74. The highest BCUT2D eigenvalue weighted by molar-refractivity contribution is 5.38. The van der Waals surface area contributed by atoms with Gasteiger partial charge in [0.1, 0.15) is 11.6 Å². The molecule has 14 heavy (non-hydrogen) atoms. The van der Waals surface area contributed by atoms with Gasteiger partial charge in [-0.25, -0.2) is 0 Å². The fourth-order valence-corrected chi connectivity index (χ4v) is 0.812. The summed E-state index contributed by atoms with van der Waals surface area (Å²) in [4.78, 5) is 0. The smallest absolute Gasteiger partial charge is 0.148 e. The quantitative estimate of drug-likeness (QED) is 0.748. The molecule has 0 unspecified atom stereocenters. The van der Waals surface area contributed by atoms with Gasteiger partial charge in [-0.1, -0.05) is 0 Å². The Morgan fingerprint density at radius 1 is 1.43 bits per heavy atom. The Balaban J connectivity index is 2.50. The number of rotatable bonds is 4. The average Bonchev–Trinajstić information content (AvgIpc) is 2.17. The molecule has 3 N–H and O–H groups in total. The van der Waals surface area contributed by atoms with E-state index in [1.165, 1.54) is 0 Å². The topological polar surface area (TPSA) is 73.1 Å². The van der Waals surface area contributed by atoms with E-state index < -0.39 is 0 Å². The van der Waals surface area contributed by atoms with Gasteiger partial charge in [-0.3, -0.25) is 0 Å². The highest BCUT2D eigenvalue weighted by Crippen LogP contribution is 2.09. The monoisotopic (exact) mass is 196 g/mol. The van der Waals surface area contributed by atoms with Crippen LogP contribution < -0.4 is 11.1 Å². The summed E-state index contributed by atoms with van der Waals surface area (Å²) in [5, 5.41) is 10.7. The summed E-state index contributed by atoms with van der Waals surface area (Å²) in [7, 11) is 1.68. The predicted octanol–water partition coefficient (Wildman–Crippen LogP) is 0.896. The van der Waals surface area contributed by atoms with Crippen LogP contribution in [0.1, 0.15) is 13.8 Å². The molecule has 0 aromatic carbocycles. The van der Waals surface area contributed by atoms with E-state index >= 15 is 0 Å². The van der Waals surface area contributed by atoms with Crippen LogP contribution in [0.3, 0.4) is 0 Å². The molecule has 0 aliphatic heterocycles. The van der Waals surface area contributed by atoms with Crippen molar-refractivity contribution in [2.75, 3.05) is 24.7 Å². The molecule has 0 spiro atoms. The van der Waals surface area contributed by atoms with Gasteiger partial charge in [0.15, 0.2) is 0 Å². The molecule has 0 atom stereocenters. The number of aromatic nitrogens is 2. The van der Waals surface area contributed by atoms with E-state index in [1.54, 1.807) is 19.2 Å². The molecule has 0 aliphatic carbocycles. The van der Waals surface area contributed by atoms with Gasteiger partial charge in [0, 0.05) is 13.7 Å². The standard InChI is InChI=1S/C9H16N4O/c1-9(2,14-3)6-11-8-5-4-7(10)12-13-8/h4-5H,6H2,1-3H3,(H2,10,12)(H,11,13). The molecule has 5 nitrogen and oxygen atoms in total. The van der Waals surface area contributed by atoms with Crippen LogP contribution in [0.4, 0.5) is 11.6 Å². The van der Waals surface area contributed by atoms with Crippen LogP contribution in [0.2, 0.25) is 0 Å². The first kappa shape index (κ1) is 10.7. The number of methoxy groups -OCH3 is 1. The molecule has 1 aromatic heterocycles. The van der Waals surface area contributed by atoms with Crippen molar-refractivity contribution in [2.45, 2.75) is 19.4 Å².